The van der Waals surface area contributed by atoms with Gasteiger partial charge in [-0.15, -0.1) is 0 Å². The van der Waals surface area contributed by atoms with Crippen LogP contribution in [0.15, 0.2) is 0 Å². The molecule has 0 aromatic rings. The lowest BCUT2D eigenvalue weighted by Gasteiger charge is -2.14. The van der Waals surface area contributed by atoms with E-state index in [1.54, 1.807) is 0 Å². The van der Waals surface area contributed by atoms with E-state index in [9.17, 15) is 4.79 Å². The number of ether oxygens (including phenoxy) is 1. The molecule has 0 spiro atoms. The van der Waals surface area contributed by atoms with Gasteiger partial charge in [-0.1, -0.05) is 0 Å². The summed E-state index contributed by atoms with van der Waals surface area (Å²) in [7, 11) is 0. The second-order valence-corrected chi connectivity index (χ2v) is 3.65. The third kappa shape index (κ3) is 1.70. The molecule has 1 saturated heterocycles. The average Bonchev–Trinajstić information content (AvgIpc) is 2.10. The van der Waals surface area contributed by atoms with E-state index in [0.29, 0.717) is 6.61 Å². The Morgan fingerprint density at radius 3 is 2.50 bits per heavy atom. The molecule has 0 aromatic heterocycles. The van der Waals surface area contributed by atoms with Gasteiger partial charge in [0.15, 0.2) is 0 Å². The Morgan fingerprint density at radius 1 is 1.70 bits per heavy atom. The fourth-order valence-electron chi connectivity index (χ4n) is 1.18. The first-order valence-electron chi connectivity index (χ1n) is 3.34. The van der Waals surface area contributed by atoms with Crippen molar-refractivity contribution < 1.29 is 9.53 Å². The largest absolute Gasteiger partial charge is 0.375 e. The highest BCUT2D eigenvalue weighted by atomic mass is 35.5. The van der Waals surface area contributed by atoms with E-state index < -0.39 is 0 Å². The van der Waals surface area contributed by atoms with Crippen molar-refractivity contribution in [3.05, 3.63) is 0 Å². The Kier molecular flexibility index (Phi) is 2.02. The van der Waals surface area contributed by atoms with Crippen LogP contribution in [0.25, 0.3) is 0 Å². The molecule has 2 nitrogen and oxygen atoms in total. The molecule has 0 aromatic carbocycles. The van der Waals surface area contributed by atoms with E-state index in [1.165, 1.54) is 0 Å². The lowest BCUT2D eigenvalue weighted by Crippen LogP contribution is -2.17. The Morgan fingerprint density at radius 2 is 2.30 bits per heavy atom. The first-order valence-corrected chi connectivity index (χ1v) is 3.72. The van der Waals surface area contributed by atoms with Gasteiger partial charge < -0.3 is 4.74 Å². The number of hydrogen-bond donors (Lipinski definition) is 0. The van der Waals surface area contributed by atoms with Gasteiger partial charge in [0.1, 0.15) is 0 Å². The number of carbonyl (C=O) groups excluding carboxylic acids is 1. The molecule has 1 fully saturated rings. The zero-order chi connectivity index (χ0) is 7.78. The normalized spacial score (nSPS) is 30.5. The van der Waals surface area contributed by atoms with Crippen LogP contribution in [0.5, 0.6) is 0 Å². The van der Waals surface area contributed by atoms with E-state index in [4.69, 9.17) is 16.3 Å². The minimum Gasteiger partial charge on any atom is -0.375 e. The smallest absolute Gasteiger partial charge is 0.227 e. The Bertz CT molecular complexity index is 154. The van der Waals surface area contributed by atoms with Gasteiger partial charge in [0.05, 0.1) is 18.1 Å². The molecule has 0 radical (unpaired) electrons. The highest BCUT2D eigenvalue weighted by Gasteiger charge is 2.35. The van der Waals surface area contributed by atoms with Gasteiger partial charge in [-0.2, -0.15) is 0 Å². The zero-order valence-corrected chi connectivity index (χ0v) is 6.94. The van der Waals surface area contributed by atoms with Crippen LogP contribution in [-0.4, -0.2) is 17.5 Å². The summed E-state index contributed by atoms with van der Waals surface area (Å²) in [6, 6.07) is 0. The van der Waals surface area contributed by atoms with Crippen LogP contribution in [0.4, 0.5) is 0 Å². The van der Waals surface area contributed by atoms with Crippen LogP contribution in [-0.2, 0) is 9.53 Å². The van der Waals surface area contributed by atoms with Crippen LogP contribution >= 0.6 is 11.6 Å². The maximum atomic E-state index is 10.6. The van der Waals surface area contributed by atoms with Crippen LogP contribution < -0.4 is 0 Å². The second-order valence-electron chi connectivity index (χ2n) is 3.28. The molecule has 0 amide bonds. The van der Waals surface area contributed by atoms with Gasteiger partial charge in [0.2, 0.25) is 5.24 Å². The van der Waals surface area contributed by atoms with Gasteiger partial charge >= 0.3 is 0 Å². The SMILES string of the molecule is CC1(C)CC(C(=O)Cl)CO1. The zero-order valence-electron chi connectivity index (χ0n) is 6.19. The molecule has 1 rings (SSSR count). The van der Waals surface area contributed by atoms with Crippen molar-refractivity contribution in [3.8, 4) is 0 Å². The van der Waals surface area contributed by atoms with Crippen molar-refractivity contribution in [2.75, 3.05) is 6.61 Å². The van der Waals surface area contributed by atoms with Crippen LogP contribution in [0, 0.1) is 5.92 Å². The topological polar surface area (TPSA) is 26.3 Å². The Balaban J connectivity index is 2.51. The molecule has 1 unspecified atom stereocenters. The van der Waals surface area contributed by atoms with Gasteiger partial charge in [-0.3, -0.25) is 4.79 Å². The van der Waals surface area contributed by atoms with Crippen molar-refractivity contribution >= 4 is 16.8 Å². The summed E-state index contributed by atoms with van der Waals surface area (Å²) >= 11 is 5.29. The predicted molar refractivity (Wildman–Crippen MR) is 39.0 cm³/mol. The summed E-state index contributed by atoms with van der Waals surface area (Å²) in [5.74, 6) is -0.0864. The first kappa shape index (κ1) is 8.02. The van der Waals surface area contributed by atoms with E-state index >= 15 is 0 Å². The van der Waals surface area contributed by atoms with Gasteiger partial charge in [-0.05, 0) is 31.9 Å². The minimum absolute atomic E-state index is 0.0864. The maximum absolute atomic E-state index is 10.6. The third-order valence-electron chi connectivity index (χ3n) is 1.73. The fourth-order valence-corrected chi connectivity index (χ4v) is 1.32. The van der Waals surface area contributed by atoms with Crippen LogP contribution in [0.1, 0.15) is 20.3 Å². The van der Waals surface area contributed by atoms with Gasteiger partial charge in [0, 0.05) is 0 Å². The molecule has 0 saturated carbocycles. The van der Waals surface area contributed by atoms with Crippen LogP contribution in [0.3, 0.4) is 0 Å². The highest BCUT2D eigenvalue weighted by molar-refractivity contribution is 6.64. The molecule has 1 aliphatic rings. The molecule has 10 heavy (non-hydrogen) atoms. The number of hydrogen-bond acceptors (Lipinski definition) is 2. The first-order chi connectivity index (χ1) is 4.51. The predicted octanol–water partition coefficient (Wildman–Crippen LogP) is 1.57. The Hall–Kier alpha value is -0.0800. The van der Waals surface area contributed by atoms with Crippen molar-refractivity contribution in [1.29, 1.82) is 0 Å². The highest BCUT2D eigenvalue weighted by Crippen LogP contribution is 2.30. The van der Waals surface area contributed by atoms with Gasteiger partial charge in [-0.25, -0.2) is 0 Å². The molecule has 1 heterocycles. The van der Waals surface area contributed by atoms with E-state index in [-0.39, 0.29) is 16.8 Å². The fraction of sp³-hybridized carbons (Fsp3) is 0.857. The quantitative estimate of drug-likeness (QED) is 0.547. The molecular formula is C7H11ClO2. The van der Waals surface area contributed by atoms with Crippen molar-refractivity contribution in [2.24, 2.45) is 5.92 Å². The molecular weight excluding hydrogens is 152 g/mol. The average molecular weight is 163 g/mol. The summed E-state index contributed by atoms with van der Waals surface area (Å²) in [5, 5.41) is -0.273. The van der Waals surface area contributed by atoms with E-state index in [2.05, 4.69) is 0 Å². The standard InChI is InChI=1S/C7H11ClO2/c1-7(2)3-5(4-10-7)6(8)9/h5H,3-4H2,1-2H3. The number of rotatable bonds is 1. The molecule has 1 aliphatic heterocycles. The van der Waals surface area contributed by atoms with E-state index in [1.807, 2.05) is 13.8 Å². The van der Waals surface area contributed by atoms with Crippen molar-refractivity contribution in [3.63, 3.8) is 0 Å². The molecule has 1 atom stereocenters. The summed E-state index contributed by atoms with van der Waals surface area (Å²) in [6.07, 6.45) is 0.745. The molecule has 0 N–H and O–H groups in total. The lowest BCUT2D eigenvalue weighted by atomic mass is 9.99. The number of halogens is 1. The second kappa shape index (κ2) is 2.51. The lowest BCUT2D eigenvalue weighted by molar-refractivity contribution is -0.115. The molecule has 0 bridgehead atoms. The molecule has 58 valence electrons. The van der Waals surface area contributed by atoms with Crippen molar-refractivity contribution in [1.82, 2.24) is 0 Å². The number of carbonyl (C=O) groups is 1. The maximum Gasteiger partial charge on any atom is 0.227 e. The van der Waals surface area contributed by atoms with Crippen LogP contribution in [0.2, 0.25) is 0 Å². The molecule has 3 heteroatoms. The third-order valence-corrected chi connectivity index (χ3v) is 2.04. The van der Waals surface area contributed by atoms with Crippen molar-refractivity contribution in [2.45, 2.75) is 25.9 Å². The summed E-state index contributed by atoms with van der Waals surface area (Å²) < 4.78 is 5.31. The summed E-state index contributed by atoms with van der Waals surface area (Å²) in [5.41, 5.74) is -0.158. The molecule has 0 aliphatic carbocycles. The Labute approximate surface area is 65.5 Å². The summed E-state index contributed by atoms with van der Waals surface area (Å²) in [6.45, 7) is 4.41. The summed E-state index contributed by atoms with van der Waals surface area (Å²) in [4.78, 5) is 10.6. The monoisotopic (exact) mass is 162 g/mol. The van der Waals surface area contributed by atoms with Gasteiger partial charge in [0.25, 0.3) is 0 Å². The van der Waals surface area contributed by atoms with E-state index in [0.717, 1.165) is 6.42 Å². The minimum atomic E-state index is -0.273.